The molecule has 2 aromatic carbocycles. The summed E-state index contributed by atoms with van der Waals surface area (Å²) in [6.45, 7) is 0.861. The van der Waals surface area contributed by atoms with Crippen LogP contribution in [0.4, 0.5) is 0 Å². The van der Waals surface area contributed by atoms with Crippen LogP contribution in [0.25, 0.3) is 11.1 Å². The Morgan fingerprint density at radius 3 is 2.90 bits per heavy atom. The van der Waals surface area contributed by atoms with E-state index < -0.39 is 0 Å². The van der Waals surface area contributed by atoms with Crippen LogP contribution in [-0.2, 0) is 0 Å². The van der Waals surface area contributed by atoms with Crippen LogP contribution in [0.5, 0.6) is 17.2 Å². The second kappa shape index (κ2) is 5.84. The van der Waals surface area contributed by atoms with Gasteiger partial charge in [0, 0.05) is 22.7 Å². The fraction of sp³-hybridized carbons (Fsp3) is 0.250. The van der Waals surface area contributed by atoms with Gasteiger partial charge in [-0.25, -0.2) is 0 Å². The molecular weight excluding hydrogens is 290 g/mol. The first-order valence-corrected chi connectivity index (χ1v) is 7.07. The fourth-order valence-electron chi connectivity index (χ4n) is 2.35. The van der Waals surface area contributed by atoms with E-state index in [9.17, 15) is 0 Å². The second-order valence-corrected chi connectivity index (χ2v) is 5.20. The molecule has 1 atom stereocenters. The SMILES string of the molecule is COc1ccc(Cl)cc1-c1cccc2c1OC(CN)CO2. The molecule has 3 rings (SSSR count). The van der Waals surface area contributed by atoms with Gasteiger partial charge in [-0.3, -0.25) is 0 Å². The van der Waals surface area contributed by atoms with Gasteiger partial charge in [0.15, 0.2) is 11.5 Å². The number of fused-ring (bicyclic) bond motifs is 1. The van der Waals surface area contributed by atoms with Crippen molar-refractivity contribution in [3.63, 3.8) is 0 Å². The molecule has 1 aliphatic rings. The van der Waals surface area contributed by atoms with E-state index in [-0.39, 0.29) is 6.10 Å². The molecule has 0 fully saturated rings. The van der Waals surface area contributed by atoms with Crippen molar-refractivity contribution in [2.75, 3.05) is 20.3 Å². The topological polar surface area (TPSA) is 53.7 Å². The summed E-state index contributed by atoms with van der Waals surface area (Å²) >= 11 is 6.12. The summed E-state index contributed by atoms with van der Waals surface area (Å²) in [6, 6.07) is 11.2. The lowest BCUT2D eigenvalue weighted by molar-refractivity contribution is 0.0976. The van der Waals surface area contributed by atoms with Gasteiger partial charge in [0.1, 0.15) is 18.5 Å². The van der Waals surface area contributed by atoms with Crippen molar-refractivity contribution in [3.8, 4) is 28.4 Å². The molecule has 0 saturated carbocycles. The van der Waals surface area contributed by atoms with E-state index in [0.717, 1.165) is 16.9 Å². The fourth-order valence-corrected chi connectivity index (χ4v) is 2.53. The molecule has 0 amide bonds. The first kappa shape index (κ1) is 14.0. The smallest absolute Gasteiger partial charge is 0.169 e. The van der Waals surface area contributed by atoms with Crippen LogP contribution in [0.3, 0.4) is 0 Å². The lowest BCUT2D eigenvalue weighted by atomic mass is 10.0. The monoisotopic (exact) mass is 305 g/mol. The third-order valence-electron chi connectivity index (χ3n) is 3.40. The van der Waals surface area contributed by atoms with Crippen LogP contribution in [0.15, 0.2) is 36.4 Å². The number of methoxy groups -OCH3 is 1. The average molecular weight is 306 g/mol. The lowest BCUT2D eigenvalue weighted by Crippen LogP contribution is -2.35. The van der Waals surface area contributed by atoms with Crippen LogP contribution in [0, 0.1) is 0 Å². The number of benzene rings is 2. The molecule has 21 heavy (non-hydrogen) atoms. The quantitative estimate of drug-likeness (QED) is 0.946. The molecule has 0 spiro atoms. The van der Waals surface area contributed by atoms with Crippen molar-refractivity contribution in [1.82, 2.24) is 0 Å². The number of rotatable bonds is 3. The molecule has 0 bridgehead atoms. The highest BCUT2D eigenvalue weighted by atomic mass is 35.5. The number of halogens is 1. The van der Waals surface area contributed by atoms with Gasteiger partial charge in [0.05, 0.1) is 7.11 Å². The van der Waals surface area contributed by atoms with Crippen molar-refractivity contribution in [3.05, 3.63) is 41.4 Å². The molecule has 4 nitrogen and oxygen atoms in total. The first-order chi connectivity index (χ1) is 10.2. The van der Waals surface area contributed by atoms with Crippen molar-refractivity contribution in [2.24, 2.45) is 5.73 Å². The van der Waals surface area contributed by atoms with E-state index in [4.69, 9.17) is 31.5 Å². The molecular formula is C16H16ClNO3. The first-order valence-electron chi connectivity index (χ1n) is 6.69. The number of nitrogens with two attached hydrogens (primary N) is 1. The predicted molar refractivity (Wildman–Crippen MR) is 82.4 cm³/mol. The average Bonchev–Trinajstić information content (AvgIpc) is 2.53. The van der Waals surface area contributed by atoms with E-state index in [1.807, 2.05) is 30.3 Å². The minimum Gasteiger partial charge on any atom is -0.496 e. The largest absolute Gasteiger partial charge is 0.496 e. The van der Waals surface area contributed by atoms with Crippen molar-refractivity contribution < 1.29 is 14.2 Å². The normalized spacial score (nSPS) is 16.6. The Labute approximate surface area is 128 Å². The Morgan fingerprint density at radius 1 is 1.29 bits per heavy atom. The zero-order valence-corrected chi connectivity index (χ0v) is 12.4. The van der Waals surface area contributed by atoms with Crippen molar-refractivity contribution in [2.45, 2.75) is 6.10 Å². The van der Waals surface area contributed by atoms with Crippen LogP contribution >= 0.6 is 11.6 Å². The van der Waals surface area contributed by atoms with E-state index in [1.54, 1.807) is 13.2 Å². The van der Waals surface area contributed by atoms with Crippen LogP contribution in [-0.4, -0.2) is 26.4 Å². The molecule has 5 heteroatoms. The summed E-state index contributed by atoms with van der Waals surface area (Å²) < 4.78 is 17.1. The minimum atomic E-state index is -0.149. The zero-order chi connectivity index (χ0) is 14.8. The highest BCUT2D eigenvalue weighted by molar-refractivity contribution is 6.31. The molecule has 2 aromatic rings. The van der Waals surface area contributed by atoms with Gasteiger partial charge in [0.25, 0.3) is 0 Å². The van der Waals surface area contributed by atoms with Crippen LogP contribution < -0.4 is 19.9 Å². The van der Waals surface area contributed by atoms with Crippen molar-refractivity contribution in [1.29, 1.82) is 0 Å². The zero-order valence-electron chi connectivity index (χ0n) is 11.6. The van der Waals surface area contributed by atoms with E-state index in [0.29, 0.717) is 29.7 Å². The van der Waals surface area contributed by atoms with Gasteiger partial charge in [-0.2, -0.15) is 0 Å². The number of para-hydroxylation sites is 1. The van der Waals surface area contributed by atoms with Gasteiger partial charge in [0.2, 0.25) is 0 Å². The molecule has 1 unspecified atom stereocenters. The summed E-state index contributed by atoms with van der Waals surface area (Å²) in [5.74, 6) is 2.12. The summed E-state index contributed by atoms with van der Waals surface area (Å²) in [5, 5.41) is 0.635. The van der Waals surface area contributed by atoms with Gasteiger partial charge >= 0.3 is 0 Å². The van der Waals surface area contributed by atoms with E-state index >= 15 is 0 Å². The molecule has 0 saturated heterocycles. The van der Waals surface area contributed by atoms with Crippen LogP contribution in [0.1, 0.15) is 0 Å². The van der Waals surface area contributed by atoms with Crippen molar-refractivity contribution >= 4 is 11.6 Å². The Hall–Kier alpha value is -1.91. The standard InChI is InChI=1S/C16H16ClNO3/c1-19-14-6-5-10(17)7-13(14)12-3-2-4-15-16(12)21-11(8-18)9-20-15/h2-7,11H,8-9,18H2,1H3. The maximum Gasteiger partial charge on any atom is 0.169 e. The maximum atomic E-state index is 6.12. The molecule has 1 heterocycles. The molecule has 0 aliphatic carbocycles. The van der Waals surface area contributed by atoms with Gasteiger partial charge in [-0.15, -0.1) is 0 Å². The molecule has 110 valence electrons. The van der Waals surface area contributed by atoms with E-state index in [1.165, 1.54) is 0 Å². The Balaban J connectivity index is 2.14. The number of hydrogen-bond acceptors (Lipinski definition) is 4. The van der Waals surface area contributed by atoms with E-state index in [2.05, 4.69) is 0 Å². The predicted octanol–water partition coefficient (Wildman–Crippen LogP) is 3.11. The highest BCUT2D eigenvalue weighted by Crippen LogP contribution is 2.44. The molecule has 1 aliphatic heterocycles. The summed E-state index contributed by atoms with van der Waals surface area (Å²) in [5.41, 5.74) is 7.42. The second-order valence-electron chi connectivity index (χ2n) is 4.76. The lowest BCUT2D eigenvalue weighted by Gasteiger charge is -2.27. The molecule has 2 N–H and O–H groups in total. The van der Waals surface area contributed by atoms with Crippen LogP contribution in [0.2, 0.25) is 5.02 Å². The highest BCUT2D eigenvalue weighted by Gasteiger charge is 2.24. The summed E-state index contributed by atoms with van der Waals surface area (Å²) in [6.07, 6.45) is -0.149. The minimum absolute atomic E-state index is 0.149. The van der Waals surface area contributed by atoms with Gasteiger partial charge in [-0.1, -0.05) is 23.7 Å². The Morgan fingerprint density at radius 2 is 2.14 bits per heavy atom. The molecule has 0 aromatic heterocycles. The third kappa shape index (κ3) is 2.64. The number of hydrogen-bond donors (Lipinski definition) is 1. The Kier molecular flexibility index (Phi) is 3.90. The third-order valence-corrected chi connectivity index (χ3v) is 3.64. The van der Waals surface area contributed by atoms with Gasteiger partial charge < -0.3 is 19.9 Å². The Bertz CT molecular complexity index is 660. The summed E-state index contributed by atoms with van der Waals surface area (Å²) in [7, 11) is 1.63. The number of ether oxygens (including phenoxy) is 3. The maximum absolute atomic E-state index is 6.12. The molecule has 0 radical (unpaired) electrons. The summed E-state index contributed by atoms with van der Waals surface area (Å²) in [4.78, 5) is 0. The van der Waals surface area contributed by atoms with Gasteiger partial charge in [-0.05, 0) is 24.3 Å².